The van der Waals surface area contributed by atoms with Crippen molar-refractivity contribution in [2.24, 2.45) is 0 Å². The Morgan fingerprint density at radius 2 is 2.00 bits per heavy atom. The number of nitrogens with zero attached hydrogens (tertiary/aromatic N) is 4. The van der Waals surface area contributed by atoms with Gasteiger partial charge in [0.25, 0.3) is 5.69 Å². The molecule has 3 aromatic rings. The molecule has 3 heterocycles. The number of nitro groups is 1. The summed E-state index contributed by atoms with van der Waals surface area (Å²) in [7, 11) is 1.36. The summed E-state index contributed by atoms with van der Waals surface area (Å²) in [5.74, 6) is -0.321. The lowest BCUT2D eigenvalue weighted by Crippen LogP contribution is -2.32. The predicted octanol–water partition coefficient (Wildman–Crippen LogP) is 3.32. The third-order valence-electron chi connectivity index (χ3n) is 5.40. The number of carbonyl (C=O) groups excluding carboxylic acids is 1. The highest BCUT2D eigenvalue weighted by Gasteiger charge is 2.41. The minimum atomic E-state index is -0.425. The number of aromatic nitrogens is 2. The van der Waals surface area contributed by atoms with Crippen LogP contribution < -0.4 is 5.32 Å². The van der Waals surface area contributed by atoms with Crippen molar-refractivity contribution < 1.29 is 14.5 Å². The van der Waals surface area contributed by atoms with Crippen LogP contribution in [-0.2, 0) is 9.53 Å². The lowest BCUT2D eigenvalue weighted by atomic mass is 10.0. The van der Waals surface area contributed by atoms with Gasteiger partial charge in [0.15, 0.2) is 5.11 Å². The Hall–Kier alpha value is -3.79. The van der Waals surface area contributed by atoms with Gasteiger partial charge < -0.3 is 19.5 Å². The van der Waals surface area contributed by atoms with Crippen LogP contribution in [0.2, 0.25) is 0 Å². The molecule has 0 aliphatic carbocycles. The molecule has 32 heavy (non-hydrogen) atoms. The minimum Gasteiger partial charge on any atom is -0.469 e. The molecule has 0 saturated carbocycles. The summed E-state index contributed by atoms with van der Waals surface area (Å²) in [4.78, 5) is 28.9. The molecule has 0 radical (unpaired) electrons. The van der Waals surface area contributed by atoms with Crippen LogP contribution in [0.15, 0.2) is 67.0 Å². The Morgan fingerprint density at radius 3 is 2.66 bits per heavy atom. The third-order valence-corrected chi connectivity index (χ3v) is 5.76. The van der Waals surface area contributed by atoms with Crippen molar-refractivity contribution >= 4 is 29.0 Å². The maximum atomic E-state index is 11.8. The molecule has 2 atom stereocenters. The van der Waals surface area contributed by atoms with Crippen LogP contribution in [0.25, 0.3) is 5.69 Å². The Labute approximate surface area is 189 Å². The van der Waals surface area contributed by atoms with Crippen LogP contribution in [0, 0.1) is 10.1 Å². The number of carbonyl (C=O) groups is 1. The van der Waals surface area contributed by atoms with Gasteiger partial charge in [0.1, 0.15) is 0 Å². The highest BCUT2D eigenvalue weighted by atomic mass is 32.1. The van der Waals surface area contributed by atoms with Crippen LogP contribution in [-0.4, -0.2) is 44.1 Å². The van der Waals surface area contributed by atoms with Crippen LogP contribution in [0.5, 0.6) is 0 Å². The molecule has 9 nitrogen and oxygen atoms in total. The number of methoxy groups -OCH3 is 1. The van der Waals surface area contributed by atoms with E-state index in [1.165, 1.54) is 19.2 Å². The van der Waals surface area contributed by atoms with E-state index >= 15 is 0 Å². The number of benzene rings is 1. The van der Waals surface area contributed by atoms with Crippen molar-refractivity contribution in [1.82, 2.24) is 19.8 Å². The smallest absolute Gasteiger partial charge is 0.307 e. The number of nitro benzene ring substituents is 1. The molecular weight excluding hydrogens is 430 g/mol. The van der Waals surface area contributed by atoms with E-state index in [4.69, 9.17) is 17.0 Å². The van der Waals surface area contributed by atoms with Gasteiger partial charge in [0.05, 0.1) is 36.2 Å². The van der Waals surface area contributed by atoms with E-state index in [2.05, 4.69) is 10.3 Å². The zero-order valence-electron chi connectivity index (χ0n) is 17.2. The first-order chi connectivity index (χ1) is 15.5. The molecule has 1 saturated heterocycles. The van der Waals surface area contributed by atoms with Gasteiger partial charge in [-0.1, -0.05) is 6.07 Å². The fourth-order valence-electron chi connectivity index (χ4n) is 3.89. The van der Waals surface area contributed by atoms with Crippen molar-refractivity contribution in [2.45, 2.75) is 18.5 Å². The van der Waals surface area contributed by atoms with E-state index in [0.717, 1.165) is 17.1 Å². The Balaban J connectivity index is 1.74. The van der Waals surface area contributed by atoms with Gasteiger partial charge in [-0.05, 0) is 48.6 Å². The van der Waals surface area contributed by atoms with Gasteiger partial charge in [-0.3, -0.25) is 19.9 Å². The van der Waals surface area contributed by atoms with Crippen molar-refractivity contribution in [3.63, 3.8) is 0 Å². The number of hydrogen-bond donors (Lipinski definition) is 1. The lowest BCUT2D eigenvalue weighted by Gasteiger charge is -2.28. The monoisotopic (exact) mass is 451 g/mol. The van der Waals surface area contributed by atoms with Crippen molar-refractivity contribution in [3.05, 3.63) is 88.5 Å². The zero-order valence-corrected chi connectivity index (χ0v) is 18.1. The minimum absolute atomic E-state index is 0.0252. The molecular formula is C22H21N5O4S. The molecule has 0 amide bonds. The van der Waals surface area contributed by atoms with Crippen LogP contribution in [0.3, 0.4) is 0 Å². The second kappa shape index (κ2) is 9.15. The van der Waals surface area contributed by atoms with Crippen LogP contribution in [0.4, 0.5) is 5.69 Å². The molecule has 0 unspecified atom stereocenters. The molecule has 0 bridgehead atoms. The molecule has 0 spiro atoms. The normalized spacial score (nSPS) is 17.8. The Morgan fingerprint density at radius 1 is 1.22 bits per heavy atom. The first-order valence-corrected chi connectivity index (χ1v) is 10.4. The number of thiocarbonyl (C=S) groups is 1. The van der Waals surface area contributed by atoms with E-state index in [-0.39, 0.29) is 30.2 Å². The van der Waals surface area contributed by atoms with E-state index in [1.54, 1.807) is 18.3 Å². The van der Waals surface area contributed by atoms with Crippen LogP contribution >= 0.6 is 12.2 Å². The maximum absolute atomic E-state index is 11.8. The van der Waals surface area contributed by atoms with Gasteiger partial charge in [-0.2, -0.15) is 0 Å². The molecule has 10 heteroatoms. The SMILES string of the molecule is COC(=O)CCN1C(=S)N[C@H](c2ccccn2)[C@H]1c1cccn1-c1ccc([N+](=O)[O-])cc1. The molecule has 1 N–H and O–H groups in total. The average molecular weight is 452 g/mol. The standard InChI is InChI=1S/C22H21N5O4S/c1-31-19(28)11-14-26-21(20(24-22(26)32)17-5-2-3-12-23-17)18-6-4-13-25(18)15-7-9-16(10-8-15)27(29)30/h2-10,12-13,20-21H,11,14H2,1H3,(H,24,32)/t20-,21-/m1/s1. The fraction of sp³-hybridized carbons (Fsp3) is 0.227. The molecule has 1 fully saturated rings. The second-order valence-corrected chi connectivity index (χ2v) is 7.61. The van der Waals surface area contributed by atoms with Crippen LogP contribution in [0.1, 0.15) is 29.9 Å². The Kier molecular flexibility index (Phi) is 6.13. The molecule has 164 valence electrons. The van der Waals surface area contributed by atoms with Crippen molar-refractivity contribution in [2.75, 3.05) is 13.7 Å². The summed E-state index contributed by atoms with van der Waals surface area (Å²) in [5, 5.41) is 14.9. The maximum Gasteiger partial charge on any atom is 0.307 e. The number of non-ortho nitro benzene ring substituents is 1. The average Bonchev–Trinajstić information content (AvgIpc) is 3.42. The van der Waals surface area contributed by atoms with E-state index < -0.39 is 4.92 Å². The topological polar surface area (TPSA) is 103 Å². The third kappa shape index (κ3) is 4.17. The number of nitrogens with one attached hydrogen (secondary N) is 1. The first-order valence-electron chi connectivity index (χ1n) is 9.96. The van der Waals surface area contributed by atoms with E-state index in [0.29, 0.717) is 11.7 Å². The van der Waals surface area contributed by atoms with E-state index in [1.807, 2.05) is 46.0 Å². The summed E-state index contributed by atoms with van der Waals surface area (Å²) >= 11 is 5.61. The van der Waals surface area contributed by atoms with Gasteiger partial charge in [-0.15, -0.1) is 0 Å². The quantitative estimate of drug-likeness (QED) is 0.253. The molecule has 4 rings (SSSR count). The predicted molar refractivity (Wildman–Crippen MR) is 121 cm³/mol. The van der Waals surface area contributed by atoms with Gasteiger partial charge >= 0.3 is 5.97 Å². The highest BCUT2D eigenvalue weighted by molar-refractivity contribution is 7.80. The highest BCUT2D eigenvalue weighted by Crippen LogP contribution is 2.39. The second-order valence-electron chi connectivity index (χ2n) is 7.22. The van der Waals surface area contributed by atoms with Gasteiger partial charge in [0.2, 0.25) is 0 Å². The fourth-order valence-corrected chi connectivity index (χ4v) is 4.22. The summed E-state index contributed by atoms with van der Waals surface area (Å²) in [6.45, 7) is 0.373. The number of ether oxygens (including phenoxy) is 1. The largest absolute Gasteiger partial charge is 0.469 e. The molecule has 1 aliphatic rings. The number of rotatable bonds is 7. The van der Waals surface area contributed by atoms with Gasteiger partial charge in [-0.25, -0.2) is 0 Å². The summed E-state index contributed by atoms with van der Waals surface area (Å²) in [6, 6.07) is 15.4. The van der Waals surface area contributed by atoms with Crippen molar-refractivity contribution in [1.29, 1.82) is 0 Å². The number of hydrogen-bond acceptors (Lipinski definition) is 6. The number of esters is 1. The van der Waals surface area contributed by atoms with Gasteiger partial charge in [0, 0.05) is 42.5 Å². The Bertz CT molecular complexity index is 1130. The lowest BCUT2D eigenvalue weighted by molar-refractivity contribution is -0.384. The number of pyridine rings is 1. The molecule has 2 aromatic heterocycles. The summed E-state index contributed by atoms with van der Waals surface area (Å²) in [6.07, 6.45) is 3.80. The zero-order chi connectivity index (χ0) is 22.7. The summed E-state index contributed by atoms with van der Waals surface area (Å²) < 4.78 is 6.77. The molecule has 1 aliphatic heterocycles. The van der Waals surface area contributed by atoms with Crippen molar-refractivity contribution in [3.8, 4) is 5.69 Å². The summed E-state index contributed by atoms with van der Waals surface area (Å²) in [5.41, 5.74) is 2.53. The van der Waals surface area contributed by atoms with E-state index in [9.17, 15) is 14.9 Å². The molecule has 1 aromatic carbocycles. The first kappa shape index (κ1) is 21.4.